The molecule has 104 valence electrons. The standard InChI is InChI=1S/C16H24N2O/c1-11-8-9-14(10-13(11)3)17-16(19)18-15-7-5-4-6-12(15)2/h8-10,12,15H,4-7H2,1-3H3,(H2,17,18,19). The number of benzene rings is 1. The van der Waals surface area contributed by atoms with Crippen LogP contribution in [0.1, 0.15) is 43.7 Å². The van der Waals surface area contributed by atoms with Gasteiger partial charge in [0.25, 0.3) is 0 Å². The van der Waals surface area contributed by atoms with E-state index in [1.807, 2.05) is 18.2 Å². The molecule has 0 aromatic heterocycles. The maximum atomic E-state index is 12.0. The Kier molecular flexibility index (Phi) is 4.46. The Morgan fingerprint density at radius 3 is 2.58 bits per heavy atom. The lowest BCUT2D eigenvalue weighted by Crippen LogP contribution is -2.43. The van der Waals surface area contributed by atoms with Gasteiger partial charge in [-0.3, -0.25) is 0 Å². The highest BCUT2D eigenvalue weighted by molar-refractivity contribution is 5.89. The summed E-state index contributed by atoms with van der Waals surface area (Å²) in [5, 5.41) is 6.03. The molecule has 3 nitrogen and oxygen atoms in total. The quantitative estimate of drug-likeness (QED) is 0.829. The Morgan fingerprint density at radius 2 is 1.89 bits per heavy atom. The molecule has 0 radical (unpaired) electrons. The molecule has 3 heteroatoms. The fourth-order valence-electron chi connectivity index (χ4n) is 2.69. The molecule has 2 amide bonds. The summed E-state index contributed by atoms with van der Waals surface area (Å²) in [6, 6.07) is 6.24. The zero-order chi connectivity index (χ0) is 13.8. The third-order valence-electron chi connectivity index (χ3n) is 4.19. The molecule has 2 atom stereocenters. The second-order valence-corrected chi connectivity index (χ2v) is 5.77. The van der Waals surface area contributed by atoms with E-state index in [-0.39, 0.29) is 6.03 Å². The number of aryl methyl sites for hydroxylation is 2. The minimum absolute atomic E-state index is 0.0815. The minimum Gasteiger partial charge on any atom is -0.335 e. The summed E-state index contributed by atoms with van der Waals surface area (Å²) < 4.78 is 0. The number of urea groups is 1. The number of hydrogen-bond acceptors (Lipinski definition) is 1. The van der Waals surface area contributed by atoms with E-state index < -0.39 is 0 Å². The second-order valence-electron chi connectivity index (χ2n) is 5.77. The Balaban J connectivity index is 1.91. The van der Waals surface area contributed by atoms with Crippen molar-refractivity contribution in [2.75, 3.05) is 5.32 Å². The van der Waals surface area contributed by atoms with Crippen LogP contribution in [0.3, 0.4) is 0 Å². The smallest absolute Gasteiger partial charge is 0.319 e. The van der Waals surface area contributed by atoms with E-state index in [0.29, 0.717) is 12.0 Å². The molecule has 0 saturated heterocycles. The van der Waals surface area contributed by atoms with Crippen molar-refractivity contribution in [3.63, 3.8) is 0 Å². The van der Waals surface area contributed by atoms with E-state index in [2.05, 4.69) is 31.4 Å². The normalized spacial score (nSPS) is 22.9. The van der Waals surface area contributed by atoms with Crippen molar-refractivity contribution in [2.24, 2.45) is 5.92 Å². The number of anilines is 1. The number of rotatable bonds is 2. The summed E-state index contributed by atoms with van der Waals surface area (Å²) in [6.07, 6.45) is 4.83. The Morgan fingerprint density at radius 1 is 1.16 bits per heavy atom. The largest absolute Gasteiger partial charge is 0.335 e. The molecule has 1 aliphatic carbocycles. The van der Waals surface area contributed by atoms with Gasteiger partial charge >= 0.3 is 6.03 Å². The Hall–Kier alpha value is -1.51. The van der Waals surface area contributed by atoms with Crippen molar-refractivity contribution < 1.29 is 4.79 Å². The predicted octanol–water partition coefficient (Wildman–Crippen LogP) is 4.00. The number of hydrogen-bond donors (Lipinski definition) is 2. The van der Waals surface area contributed by atoms with Crippen molar-refractivity contribution in [2.45, 2.75) is 52.5 Å². The first-order valence-corrected chi connectivity index (χ1v) is 7.21. The molecule has 2 N–H and O–H groups in total. The summed E-state index contributed by atoms with van der Waals surface area (Å²) in [7, 11) is 0. The first-order chi connectivity index (χ1) is 9.06. The lowest BCUT2D eigenvalue weighted by molar-refractivity contribution is 0.232. The maximum absolute atomic E-state index is 12.0. The topological polar surface area (TPSA) is 41.1 Å². The van der Waals surface area contributed by atoms with Gasteiger partial charge < -0.3 is 10.6 Å². The summed E-state index contributed by atoms with van der Waals surface area (Å²) in [4.78, 5) is 12.0. The minimum atomic E-state index is -0.0815. The van der Waals surface area contributed by atoms with Gasteiger partial charge in [0.05, 0.1) is 0 Å². The van der Waals surface area contributed by atoms with Crippen LogP contribution in [0.4, 0.5) is 10.5 Å². The first-order valence-electron chi connectivity index (χ1n) is 7.21. The monoisotopic (exact) mass is 260 g/mol. The highest BCUT2D eigenvalue weighted by Gasteiger charge is 2.22. The molecule has 0 bridgehead atoms. The molecule has 0 heterocycles. The maximum Gasteiger partial charge on any atom is 0.319 e. The molecule has 0 spiro atoms. The van der Waals surface area contributed by atoms with E-state index in [1.165, 1.54) is 30.4 Å². The van der Waals surface area contributed by atoms with Crippen LogP contribution in [0, 0.1) is 19.8 Å². The average Bonchev–Trinajstić information content (AvgIpc) is 2.37. The lowest BCUT2D eigenvalue weighted by atomic mass is 9.86. The van der Waals surface area contributed by atoms with Crippen molar-refractivity contribution >= 4 is 11.7 Å². The van der Waals surface area contributed by atoms with Gasteiger partial charge in [0.1, 0.15) is 0 Å². The predicted molar refractivity (Wildman–Crippen MR) is 79.5 cm³/mol. The van der Waals surface area contributed by atoms with Crippen LogP contribution < -0.4 is 10.6 Å². The van der Waals surface area contributed by atoms with Gasteiger partial charge in [-0.1, -0.05) is 25.8 Å². The molecule has 1 aliphatic rings. The van der Waals surface area contributed by atoms with Gasteiger partial charge in [0.2, 0.25) is 0 Å². The summed E-state index contributed by atoms with van der Waals surface area (Å²) >= 11 is 0. The third kappa shape index (κ3) is 3.72. The molecule has 2 rings (SSSR count). The molecule has 19 heavy (non-hydrogen) atoms. The van der Waals surface area contributed by atoms with Crippen molar-refractivity contribution in [3.05, 3.63) is 29.3 Å². The molecule has 2 unspecified atom stereocenters. The SMILES string of the molecule is Cc1ccc(NC(=O)NC2CCCCC2C)cc1C. The molecule has 1 aromatic rings. The Bertz CT molecular complexity index is 456. The molecule has 1 aromatic carbocycles. The van der Waals surface area contributed by atoms with Crippen LogP contribution in [-0.4, -0.2) is 12.1 Å². The van der Waals surface area contributed by atoms with E-state index in [4.69, 9.17) is 0 Å². The number of carbonyl (C=O) groups excluding carboxylic acids is 1. The highest BCUT2D eigenvalue weighted by atomic mass is 16.2. The molecular formula is C16H24N2O. The van der Waals surface area contributed by atoms with Crippen molar-refractivity contribution in [1.82, 2.24) is 5.32 Å². The van der Waals surface area contributed by atoms with Gasteiger partial charge in [-0.05, 0) is 55.9 Å². The number of nitrogens with one attached hydrogen (secondary N) is 2. The Labute approximate surface area is 115 Å². The van der Waals surface area contributed by atoms with Gasteiger partial charge in [-0.2, -0.15) is 0 Å². The van der Waals surface area contributed by atoms with E-state index >= 15 is 0 Å². The van der Waals surface area contributed by atoms with E-state index in [0.717, 1.165) is 12.1 Å². The van der Waals surface area contributed by atoms with Crippen LogP contribution >= 0.6 is 0 Å². The summed E-state index contributed by atoms with van der Waals surface area (Å²) in [5.74, 6) is 0.583. The highest BCUT2D eigenvalue weighted by Crippen LogP contribution is 2.23. The second kappa shape index (κ2) is 6.09. The van der Waals surface area contributed by atoms with Crippen molar-refractivity contribution in [3.8, 4) is 0 Å². The summed E-state index contributed by atoms with van der Waals surface area (Å²) in [6.45, 7) is 6.35. The zero-order valence-electron chi connectivity index (χ0n) is 12.1. The van der Waals surface area contributed by atoms with Crippen LogP contribution in [0.2, 0.25) is 0 Å². The van der Waals surface area contributed by atoms with Crippen LogP contribution in [0.25, 0.3) is 0 Å². The van der Waals surface area contributed by atoms with Crippen LogP contribution in [-0.2, 0) is 0 Å². The van der Waals surface area contributed by atoms with Crippen molar-refractivity contribution in [1.29, 1.82) is 0 Å². The van der Waals surface area contributed by atoms with Crippen LogP contribution in [0.15, 0.2) is 18.2 Å². The fraction of sp³-hybridized carbons (Fsp3) is 0.562. The molecule has 1 fully saturated rings. The first kappa shape index (κ1) is 13.9. The third-order valence-corrected chi connectivity index (χ3v) is 4.19. The van der Waals surface area contributed by atoms with Gasteiger partial charge in [-0.25, -0.2) is 4.79 Å². The molecular weight excluding hydrogens is 236 g/mol. The zero-order valence-corrected chi connectivity index (χ0v) is 12.1. The van der Waals surface area contributed by atoms with Gasteiger partial charge in [0.15, 0.2) is 0 Å². The fourth-order valence-corrected chi connectivity index (χ4v) is 2.69. The van der Waals surface area contributed by atoms with Gasteiger partial charge in [0, 0.05) is 11.7 Å². The van der Waals surface area contributed by atoms with E-state index in [9.17, 15) is 4.79 Å². The number of carbonyl (C=O) groups is 1. The van der Waals surface area contributed by atoms with E-state index in [1.54, 1.807) is 0 Å². The van der Waals surface area contributed by atoms with Gasteiger partial charge in [-0.15, -0.1) is 0 Å². The van der Waals surface area contributed by atoms with Crippen LogP contribution in [0.5, 0.6) is 0 Å². The molecule has 1 saturated carbocycles. The lowest BCUT2D eigenvalue weighted by Gasteiger charge is -2.29. The summed E-state index contributed by atoms with van der Waals surface area (Å²) in [5.41, 5.74) is 3.31. The average molecular weight is 260 g/mol. The molecule has 0 aliphatic heterocycles. The number of amides is 2.